The Balaban J connectivity index is 1.84. The zero-order valence-electron chi connectivity index (χ0n) is 20.7. The molecule has 1 aromatic carbocycles. The van der Waals surface area contributed by atoms with Crippen LogP contribution in [0.1, 0.15) is 38.2 Å². The van der Waals surface area contributed by atoms with Crippen LogP contribution in [0.2, 0.25) is 5.15 Å². The van der Waals surface area contributed by atoms with Crippen LogP contribution in [0.25, 0.3) is 27.8 Å². The second-order valence-corrected chi connectivity index (χ2v) is 9.57. The number of fused-ring (bicyclic) bond motifs is 2. The molecular weight excluding hydrogens is 484 g/mol. The molecule has 0 aliphatic rings. The fraction of sp³-hybridized carbons (Fsp3) is 0.308. The first-order valence-corrected chi connectivity index (χ1v) is 11.8. The minimum atomic E-state index is -0.649. The summed E-state index contributed by atoms with van der Waals surface area (Å²) in [7, 11) is 1.71. The fourth-order valence-corrected chi connectivity index (χ4v) is 4.19. The van der Waals surface area contributed by atoms with E-state index in [9.17, 15) is 14.4 Å². The summed E-state index contributed by atoms with van der Waals surface area (Å²) in [4.78, 5) is 41.3. The van der Waals surface area contributed by atoms with Crippen molar-refractivity contribution in [3.05, 3.63) is 63.7 Å². The number of anilines is 1. The third-order valence-electron chi connectivity index (χ3n) is 5.44. The first-order valence-electron chi connectivity index (χ1n) is 11.4. The molecule has 0 unspecified atom stereocenters. The third-order valence-corrected chi connectivity index (χ3v) is 5.79. The first kappa shape index (κ1) is 25.2. The van der Waals surface area contributed by atoms with E-state index in [0.717, 1.165) is 16.5 Å². The molecule has 3 aromatic heterocycles. The molecule has 0 aliphatic heterocycles. The Labute approximate surface area is 212 Å². The molecule has 4 aromatic rings. The van der Waals surface area contributed by atoms with Crippen molar-refractivity contribution in [2.24, 2.45) is 7.05 Å². The van der Waals surface area contributed by atoms with Gasteiger partial charge in [-0.2, -0.15) is 0 Å². The van der Waals surface area contributed by atoms with Crippen LogP contribution in [-0.4, -0.2) is 44.6 Å². The summed E-state index contributed by atoms with van der Waals surface area (Å²) in [5.74, 6) is -1.09. The summed E-state index contributed by atoms with van der Waals surface area (Å²) in [6.07, 6.45) is 0. The van der Waals surface area contributed by atoms with Crippen molar-refractivity contribution in [2.75, 3.05) is 18.5 Å². The predicted molar refractivity (Wildman–Crippen MR) is 139 cm³/mol. The quantitative estimate of drug-likeness (QED) is 0.382. The second-order valence-electron chi connectivity index (χ2n) is 9.21. The van der Waals surface area contributed by atoms with E-state index in [2.05, 4.69) is 10.3 Å². The number of esters is 2. The van der Waals surface area contributed by atoms with Crippen LogP contribution >= 0.6 is 11.6 Å². The molecule has 188 valence electrons. The van der Waals surface area contributed by atoms with Gasteiger partial charge in [-0.3, -0.25) is 14.0 Å². The standard InChI is InChI=1S/C26H27ClN4O5/c1-6-35-25(34)22-23(27)31-19(16-7-10-18-15(13-16)8-12-20(32)30(18)5)11-9-17(24(31)29-22)28-14-21(33)36-26(2,3)4/h7-13,28H,6,14H2,1-5H3. The normalized spacial score (nSPS) is 11.6. The molecule has 0 spiro atoms. The van der Waals surface area contributed by atoms with E-state index in [1.807, 2.05) is 24.3 Å². The number of carbonyl (C=O) groups excluding carboxylic acids is 2. The molecule has 4 rings (SSSR count). The fourth-order valence-electron chi connectivity index (χ4n) is 3.89. The van der Waals surface area contributed by atoms with E-state index in [4.69, 9.17) is 21.1 Å². The van der Waals surface area contributed by atoms with Gasteiger partial charge in [0.1, 0.15) is 17.3 Å². The lowest BCUT2D eigenvalue weighted by Gasteiger charge is -2.20. The second kappa shape index (κ2) is 9.66. The first-order chi connectivity index (χ1) is 17.0. The number of ether oxygens (including phenoxy) is 2. The number of hydrogen-bond acceptors (Lipinski definition) is 7. The smallest absolute Gasteiger partial charge is 0.360 e. The number of aryl methyl sites for hydroxylation is 1. The van der Waals surface area contributed by atoms with Gasteiger partial charge < -0.3 is 19.4 Å². The highest BCUT2D eigenvalue weighted by Gasteiger charge is 2.24. The van der Waals surface area contributed by atoms with Gasteiger partial charge in [-0.1, -0.05) is 17.7 Å². The lowest BCUT2D eigenvalue weighted by Crippen LogP contribution is -2.28. The number of hydrogen-bond donors (Lipinski definition) is 1. The maximum absolute atomic E-state index is 12.6. The zero-order chi connectivity index (χ0) is 26.2. The van der Waals surface area contributed by atoms with Crippen molar-refractivity contribution in [2.45, 2.75) is 33.3 Å². The Bertz CT molecular complexity index is 1550. The minimum absolute atomic E-state index is 0.0329. The van der Waals surface area contributed by atoms with Gasteiger partial charge in [-0.05, 0) is 69.0 Å². The SMILES string of the molecule is CCOC(=O)c1nc2c(NCC(=O)OC(C)(C)C)ccc(-c3ccc4c(ccc(=O)n4C)c3)n2c1Cl. The van der Waals surface area contributed by atoms with Crippen LogP contribution in [0.15, 0.2) is 47.3 Å². The van der Waals surface area contributed by atoms with E-state index in [0.29, 0.717) is 17.0 Å². The number of imidazole rings is 1. The van der Waals surface area contributed by atoms with Gasteiger partial charge in [0, 0.05) is 13.1 Å². The molecule has 0 radical (unpaired) electrons. The van der Waals surface area contributed by atoms with Crippen molar-refractivity contribution >= 4 is 45.8 Å². The Morgan fingerprint density at radius 1 is 1.11 bits per heavy atom. The molecule has 9 nitrogen and oxygen atoms in total. The Kier molecular flexibility index (Phi) is 6.77. The predicted octanol–water partition coefficient (Wildman–Crippen LogP) is 4.44. The number of aromatic nitrogens is 3. The van der Waals surface area contributed by atoms with Crippen LogP contribution < -0.4 is 10.9 Å². The molecular formula is C26H27ClN4O5. The molecule has 10 heteroatoms. The molecule has 0 aliphatic carbocycles. The van der Waals surface area contributed by atoms with E-state index in [-0.39, 0.29) is 29.6 Å². The van der Waals surface area contributed by atoms with Gasteiger partial charge in [0.25, 0.3) is 5.56 Å². The molecule has 1 N–H and O–H groups in total. The highest BCUT2D eigenvalue weighted by Crippen LogP contribution is 2.32. The number of halogens is 1. The molecule has 0 fully saturated rings. The summed E-state index contributed by atoms with van der Waals surface area (Å²) in [5.41, 5.74) is 2.32. The number of carbonyl (C=O) groups is 2. The highest BCUT2D eigenvalue weighted by molar-refractivity contribution is 6.33. The van der Waals surface area contributed by atoms with Crippen LogP contribution in [0.4, 0.5) is 5.69 Å². The summed E-state index contributed by atoms with van der Waals surface area (Å²) in [6.45, 7) is 7.14. The third kappa shape index (κ3) is 4.92. The number of benzene rings is 1. The summed E-state index contributed by atoms with van der Waals surface area (Å²) in [6, 6.07) is 12.5. The van der Waals surface area contributed by atoms with Crippen molar-refractivity contribution in [3.63, 3.8) is 0 Å². The number of nitrogens with zero attached hydrogens (tertiary/aromatic N) is 3. The summed E-state index contributed by atoms with van der Waals surface area (Å²) in [5, 5.41) is 3.98. The monoisotopic (exact) mass is 510 g/mol. The Hall–Kier alpha value is -3.85. The van der Waals surface area contributed by atoms with Crippen LogP contribution in [-0.2, 0) is 21.3 Å². The number of pyridine rings is 2. The van der Waals surface area contributed by atoms with Gasteiger partial charge in [0.15, 0.2) is 11.3 Å². The van der Waals surface area contributed by atoms with Gasteiger partial charge in [-0.15, -0.1) is 0 Å². The molecule has 0 bridgehead atoms. The minimum Gasteiger partial charge on any atom is -0.461 e. The maximum atomic E-state index is 12.6. The van der Waals surface area contributed by atoms with E-state index < -0.39 is 17.5 Å². The van der Waals surface area contributed by atoms with Crippen molar-refractivity contribution < 1.29 is 19.1 Å². The lowest BCUT2D eigenvalue weighted by molar-refractivity contribution is -0.152. The molecule has 0 saturated carbocycles. The molecule has 0 atom stereocenters. The van der Waals surface area contributed by atoms with Crippen LogP contribution in [0.3, 0.4) is 0 Å². The average molecular weight is 511 g/mol. The summed E-state index contributed by atoms with van der Waals surface area (Å²) >= 11 is 6.66. The van der Waals surface area contributed by atoms with Crippen LogP contribution in [0, 0.1) is 0 Å². The van der Waals surface area contributed by atoms with Crippen molar-refractivity contribution in [1.82, 2.24) is 14.0 Å². The average Bonchev–Trinajstić information content (AvgIpc) is 3.16. The molecule has 0 saturated heterocycles. The molecule has 3 heterocycles. The van der Waals surface area contributed by atoms with E-state index in [1.165, 1.54) is 6.07 Å². The van der Waals surface area contributed by atoms with Gasteiger partial charge in [-0.25, -0.2) is 9.78 Å². The lowest BCUT2D eigenvalue weighted by atomic mass is 10.1. The zero-order valence-corrected chi connectivity index (χ0v) is 21.5. The van der Waals surface area contributed by atoms with Crippen molar-refractivity contribution in [1.29, 1.82) is 0 Å². The van der Waals surface area contributed by atoms with Crippen molar-refractivity contribution in [3.8, 4) is 11.3 Å². The Morgan fingerprint density at radius 2 is 1.86 bits per heavy atom. The maximum Gasteiger partial charge on any atom is 0.360 e. The highest BCUT2D eigenvalue weighted by atomic mass is 35.5. The van der Waals surface area contributed by atoms with E-state index >= 15 is 0 Å². The number of rotatable bonds is 6. The summed E-state index contributed by atoms with van der Waals surface area (Å²) < 4.78 is 13.7. The van der Waals surface area contributed by atoms with Crippen LogP contribution in [0.5, 0.6) is 0 Å². The van der Waals surface area contributed by atoms with Gasteiger partial charge >= 0.3 is 11.9 Å². The number of nitrogens with one attached hydrogen (secondary N) is 1. The van der Waals surface area contributed by atoms with Gasteiger partial charge in [0.05, 0.1) is 23.5 Å². The largest absolute Gasteiger partial charge is 0.461 e. The van der Waals surface area contributed by atoms with Gasteiger partial charge in [0.2, 0.25) is 0 Å². The topological polar surface area (TPSA) is 104 Å². The van der Waals surface area contributed by atoms with E-state index in [1.54, 1.807) is 55.8 Å². The molecule has 36 heavy (non-hydrogen) atoms. The molecule has 0 amide bonds. The Morgan fingerprint density at radius 3 is 2.56 bits per heavy atom.